The van der Waals surface area contributed by atoms with Gasteiger partial charge >= 0.3 is 0 Å². The number of fused-ring (bicyclic) bond motifs is 4. The quantitative estimate of drug-likeness (QED) is 0.163. The zero-order valence-corrected chi connectivity index (χ0v) is 35.4. The van der Waals surface area contributed by atoms with Crippen LogP contribution in [0.2, 0.25) is 0 Å². The van der Waals surface area contributed by atoms with Crippen molar-refractivity contribution in [2.75, 3.05) is 14.7 Å². The largest absolute Gasteiger partial charge is 0.311 e. The minimum atomic E-state index is -0.0721. The van der Waals surface area contributed by atoms with E-state index >= 15 is 0 Å². The molecular weight excluding hydrogens is 711 g/mol. The molecule has 0 N–H and O–H groups in total. The van der Waals surface area contributed by atoms with Crippen LogP contribution in [0.5, 0.6) is 0 Å². The van der Waals surface area contributed by atoms with Crippen molar-refractivity contribution < 1.29 is 0 Å². The monoisotopic (exact) mass is 762 g/mol. The van der Waals surface area contributed by atoms with Gasteiger partial charge in [0.2, 0.25) is 0 Å². The first kappa shape index (κ1) is 37.0. The summed E-state index contributed by atoms with van der Waals surface area (Å²) < 4.78 is 0. The Morgan fingerprint density at radius 1 is 0.491 bits per heavy atom. The Morgan fingerprint density at radius 2 is 0.965 bits per heavy atom. The minimum Gasteiger partial charge on any atom is -0.311 e. The highest BCUT2D eigenvalue weighted by molar-refractivity contribution is 7.23. The zero-order valence-electron chi connectivity index (χ0n) is 34.6. The summed E-state index contributed by atoms with van der Waals surface area (Å²) in [7, 11) is 0. The summed E-state index contributed by atoms with van der Waals surface area (Å²) in [5, 5.41) is 2.09. The lowest BCUT2D eigenvalue weighted by Crippen LogP contribution is -2.61. The highest BCUT2D eigenvalue weighted by atomic mass is 32.1. The Labute approximate surface area is 343 Å². The molecule has 0 aliphatic carbocycles. The van der Waals surface area contributed by atoms with E-state index in [4.69, 9.17) is 4.98 Å². The highest BCUT2D eigenvalue weighted by Gasteiger charge is 2.46. The lowest BCUT2D eigenvalue weighted by molar-refractivity contribution is 0.590. The number of aromatic nitrogens is 1. The van der Waals surface area contributed by atoms with E-state index < -0.39 is 0 Å². The molecular formula is C51H51BN4S. The molecule has 0 unspecified atom stereocenters. The Kier molecular flexibility index (Phi) is 8.78. The highest BCUT2D eigenvalue weighted by Crippen LogP contribution is 2.48. The van der Waals surface area contributed by atoms with E-state index in [1.54, 1.807) is 11.3 Å². The summed E-state index contributed by atoms with van der Waals surface area (Å²) in [4.78, 5) is 13.1. The predicted molar refractivity (Wildman–Crippen MR) is 247 cm³/mol. The molecule has 1 aromatic heterocycles. The van der Waals surface area contributed by atoms with Gasteiger partial charge in [-0.25, -0.2) is 4.98 Å². The molecule has 2 aliphatic heterocycles. The van der Waals surface area contributed by atoms with E-state index in [1.807, 2.05) is 0 Å². The van der Waals surface area contributed by atoms with Gasteiger partial charge in [0.05, 0.1) is 5.59 Å². The lowest BCUT2D eigenvalue weighted by Gasteiger charge is -2.42. The Bertz CT molecular complexity index is 2540. The molecule has 9 rings (SSSR count). The molecule has 0 saturated heterocycles. The van der Waals surface area contributed by atoms with E-state index in [0.29, 0.717) is 0 Å². The second-order valence-electron chi connectivity index (χ2n) is 18.6. The first-order chi connectivity index (χ1) is 27.2. The summed E-state index contributed by atoms with van der Waals surface area (Å²) in [5.74, 6) is 0. The van der Waals surface area contributed by atoms with E-state index in [1.165, 1.54) is 44.7 Å². The Balaban J connectivity index is 1.33. The first-order valence-electron chi connectivity index (χ1n) is 20.2. The molecule has 284 valence electrons. The molecule has 4 nitrogen and oxygen atoms in total. The van der Waals surface area contributed by atoms with E-state index in [2.05, 4.69) is 223 Å². The van der Waals surface area contributed by atoms with Gasteiger partial charge in [-0.3, -0.25) is 4.90 Å². The van der Waals surface area contributed by atoms with Crippen LogP contribution in [0.1, 0.15) is 79.0 Å². The van der Waals surface area contributed by atoms with E-state index in [-0.39, 0.29) is 23.0 Å². The Hall–Kier alpha value is -5.59. The van der Waals surface area contributed by atoms with Gasteiger partial charge < -0.3 is 9.80 Å². The van der Waals surface area contributed by atoms with Gasteiger partial charge in [0.1, 0.15) is 5.00 Å². The van der Waals surface area contributed by atoms with Gasteiger partial charge in [0.15, 0.2) is 5.13 Å². The number of thiazole rings is 1. The van der Waals surface area contributed by atoms with Gasteiger partial charge in [-0.2, -0.15) is 0 Å². The fourth-order valence-electron chi connectivity index (χ4n) is 8.40. The maximum absolute atomic E-state index is 5.77. The normalized spacial score (nSPS) is 13.6. The molecule has 0 fully saturated rings. The average Bonchev–Trinajstić information content (AvgIpc) is 3.62. The average molecular weight is 763 g/mol. The number of rotatable bonds is 5. The van der Waals surface area contributed by atoms with Crippen molar-refractivity contribution in [1.82, 2.24) is 4.98 Å². The molecule has 6 aromatic carbocycles. The minimum absolute atomic E-state index is 0.0308. The van der Waals surface area contributed by atoms with Gasteiger partial charge in [0.25, 0.3) is 6.71 Å². The van der Waals surface area contributed by atoms with Crippen LogP contribution in [-0.4, -0.2) is 11.7 Å². The molecule has 2 aliphatic rings. The molecule has 57 heavy (non-hydrogen) atoms. The number of benzene rings is 6. The first-order valence-corrected chi connectivity index (χ1v) is 21.0. The van der Waals surface area contributed by atoms with Crippen LogP contribution in [0.15, 0.2) is 146 Å². The van der Waals surface area contributed by atoms with Crippen LogP contribution in [0.4, 0.5) is 49.9 Å². The van der Waals surface area contributed by atoms with Crippen LogP contribution in [0.25, 0.3) is 0 Å². The molecule has 0 bridgehead atoms. The SMILES string of the molecule is CC(C)(C)c1ccc(N2c3ccc(C(C)(C)C)cc3B3c4nc(N(c5ccccc5)c5ccccc5)sc4N(c4ccc(C(C)(C)C)cc4)c4cccc2c43)cc1. The van der Waals surface area contributed by atoms with E-state index in [9.17, 15) is 0 Å². The molecule has 0 radical (unpaired) electrons. The van der Waals surface area contributed by atoms with Crippen molar-refractivity contribution in [2.24, 2.45) is 0 Å². The third kappa shape index (κ3) is 6.44. The van der Waals surface area contributed by atoms with Crippen molar-refractivity contribution in [3.8, 4) is 0 Å². The fraction of sp³-hybridized carbons (Fsp3) is 0.235. The van der Waals surface area contributed by atoms with Gasteiger partial charge in [-0.1, -0.05) is 153 Å². The second kappa shape index (κ2) is 13.5. The van der Waals surface area contributed by atoms with Crippen LogP contribution in [0, 0.1) is 0 Å². The van der Waals surface area contributed by atoms with Crippen molar-refractivity contribution in [3.05, 3.63) is 162 Å². The van der Waals surface area contributed by atoms with Crippen molar-refractivity contribution >= 4 is 84.5 Å². The lowest BCUT2D eigenvalue weighted by atomic mass is 9.35. The Morgan fingerprint density at radius 3 is 1.47 bits per heavy atom. The number of nitrogens with zero attached hydrogens (tertiary/aromatic N) is 4. The van der Waals surface area contributed by atoms with E-state index in [0.717, 1.165) is 38.5 Å². The topological polar surface area (TPSA) is 22.6 Å². The third-order valence-corrected chi connectivity index (χ3v) is 12.6. The molecule has 3 heterocycles. The molecule has 0 atom stereocenters. The summed E-state index contributed by atoms with van der Waals surface area (Å²) in [5.41, 5.74) is 15.7. The molecule has 0 amide bonds. The third-order valence-electron chi connectivity index (χ3n) is 11.6. The molecule has 0 spiro atoms. The van der Waals surface area contributed by atoms with Crippen molar-refractivity contribution in [2.45, 2.75) is 78.6 Å². The summed E-state index contributed by atoms with van der Waals surface area (Å²) in [6.07, 6.45) is 0. The predicted octanol–water partition coefficient (Wildman–Crippen LogP) is 12.6. The molecule has 0 saturated carbocycles. The van der Waals surface area contributed by atoms with Crippen LogP contribution in [-0.2, 0) is 16.2 Å². The van der Waals surface area contributed by atoms with Crippen LogP contribution >= 0.6 is 11.3 Å². The fourth-order valence-corrected chi connectivity index (χ4v) is 9.58. The van der Waals surface area contributed by atoms with Crippen LogP contribution in [0.3, 0.4) is 0 Å². The number of hydrogen-bond acceptors (Lipinski definition) is 5. The summed E-state index contributed by atoms with van der Waals surface area (Å²) in [6.45, 7) is 20.6. The molecule has 6 heteroatoms. The van der Waals surface area contributed by atoms with Gasteiger partial charge in [-0.05, 0) is 111 Å². The standard InChI is InChI=1S/C51H51BN4S/c1-49(2,3)34-23-28-39(29-24-34)55-42-32-27-36(51(7,8)9)33-41(42)52-45-43(55)21-16-22-44(45)56(40-30-25-35(26-31-40)50(4,5)6)47-46(52)53-48(57-47)54(37-17-12-10-13-18-37)38-19-14-11-15-20-38/h10-33H,1-9H3. The van der Waals surface area contributed by atoms with Gasteiger partial charge in [0, 0.05) is 39.8 Å². The van der Waals surface area contributed by atoms with Crippen molar-refractivity contribution in [3.63, 3.8) is 0 Å². The number of hydrogen-bond donors (Lipinski definition) is 0. The van der Waals surface area contributed by atoms with Gasteiger partial charge in [-0.15, -0.1) is 0 Å². The van der Waals surface area contributed by atoms with Crippen molar-refractivity contribution in [1.29, 1.82) is 0 Å². The smallest absolute Gasteiger partial charge is 0.276 e. The summed E-state index contributed by atoms with van der Waals surface area (Å²) in [6, 6.07) is 53.7. The molecule has 7 aromatic rings. The van der Waals surface area contributed by atoms with Crippen LogP contribution < -0.4 is 31.2 Å². The number of anilines is 9. The second-order valence-corrected chi connectivity index (χ2v) is 19.6. The summed E-state index contributed by atoms with van der Waals surface area (Å²) >= 11 is 1.77. The maximum atomic E-state index is 5.77. The maximum Gasteiger partial charge on any atom is 0.276 e. The number of para-hydroxylation sites is 2. The zero-order chi connectivity index (χ0) is 39.9.